The van der Waals surface area contributed by atoms with Gasteiger partial charge in [-0.1, -0.05) is 66.9 Å². The van der Waals surface area contributed by atoms with E-state index in [4.69, 9.17) is 16.1 Å². The van der Waals surface area contributed by atoms with Crippen molar-refractivity contribution in [3.63, 3.8) is 0 Å². The standard InChI is InChI=1S/C22H24ClN3O2/c1-5-14(3)19(24-21(27)16-9-6-13(2)7-10-16)22-25-20(26-28-22)17-11-8-15(4)18(23)12-17/h6-12,14,19H,5H2,1-4H3,(H,24,27)/t14-,19-/m0/s1. The molecule has 2 aromatic carbocycles. The van der Waals surface area contributed by atoms with E-state index in [-0.39, 0.29) is 17.9 Å². The van der Waals surface area contributed by atoms with Crippen LogP contribution < -0.4 is 5.32 Å². The fourth-order valence-electron chi connectivity index (χ4n) is 2.82. The fraction of sp³-hybridized carbons (Fsp3) is 0.318. The molecule has 0 aliphatic rings. The van der Waals surface area contributed by atoms with Gasteiger partial charge in [0.05, 0.1) is 0 Å². The lowest BCUT2D eigenvalue weighted by atomic mass is 9.98. The lowest BCUT2D eigenvalue weighted by molar-refractivity contribution is 0.0910. The van der Waals surface area contributed by atoms with Gasteiger partial charge in [0.1, 0.15) is 6.04 Å². The molecule has 0 unspecified atom stereocenters. The Labute approximate surface area is 170 Å². The summed E-state index contributed by atoms with van der Waals surface area (Å²) in [6.07, 6.45) is 0.854. The van der Waals surface area contributed by atoms with E-state index in [9.17, 15) is 4.79 Å². The summed E-state index contributed by atoms with van der Waals surface area (Å²) >= 11 is 6.21. The van der Waals surface area contributed by atoms with Crippen LogP contribution in [-0.4, -0.2) is 16.0 Å². The number of hydrogen-bond donors (Lipinski definition) is 1. The van der Waals surface area contributed by atoms with Crippen LogP contribution in [0.25, 0.3) is 11.4 Å². The van der Waals surface area contributed by atoms with E-state index in [2.05, 4.69) is 22.4 Å². The summed E-state index contributed by atoms with van der Waals surface area (Å²) in [5.41, 5.74) is 3.47. The van der Waals surface area contributed by atoms with Crippen LogP contribution in [0.4, 0.5) is 0 Å². The average Bonchev–Trinajstić information content (AvgIpc) is 3.17. The molecule has 28 heavy (non-hydrogen) atoms. The van der Waals surface area contributed by atoms with Crippen LogP contribution in [0.5, 0.6) is 0 Å². The topological polar surface area (TPSA) is 68.0 Å². The van der Waals surface area contributed by atoms with E-state index in [1.54, 1.807) is 0 Å². The Kier molecular flexibility index (Phi) is 6.15. The molecule has 0 saturated carbocycles. The Bertz CT molecular complexity index is 966. The molecule has 1 amide bonds. The van der Waals surface area contributed by atoms with Gasteiger partial charge in [-0.05, 0) is 43.5 Å². The van der Waals surface area contributed by atoms with Crippen LogP contribution in [0.3, 0.4) is 0 Å². The third kappa shape index (κ3) is 4.42. The number of aryl methyl sites for hydroxylation is 2. The summed E-state index contributed by atoms with van der Waals surface area (Å²) in [6, 6.07) is 12.7. The lowest BCUT2D eigenvalue weighted by Gasteiger charge is -2.20. The van der Waals surface area contributed by atoms with E-state index in [1.165, 1.54) is 0 Å². The number of benzene rings is 2. The van der Waals surface area contributed by atoms with Crippen LogP contribution in [-0.2, 0) is 0 Å². The summed E-state index contributed by atoms with van der Waals surface area (Å²) in [5.74, 6) is 0.809. The maximum Gasteiger partial charge on any atom is 0.251 e. The van der Waals surface area contributed by atoms with Gasteiger partial charge in [0.25, 0.3) is 5.91 Å². The predicted octanol–water partition coefficient (Wildman–Crippen LogP) is 5.52. The van der Waals surface area contributed by atoms with Crippen LogP contribution in [0.1, 0.15) is 53.7 Å². The Balaban J connectivity index is 1.86. The molecule has 0 bridgehead atoms. The zero-order valence-electron chi connectivity index (χ0n) is 16.5. The van der Waals surface area contributed by atoms with E-state index < -0.39 is 0 Å². The van der Waals surface area contributed by atoms with Crippen molar-refractivity contribution >= 4 is 17.5 Å². The third-order valence-electron chi connectivity index (χ3n) is 4.95. The van der Waals surface area contributed by atoms with Crippen molar-refractivity contribution in [3.8, 4) is 11.4 Å². The Morgan fingerprint density at radius 3 is 2.54 bits per heavy atom. The molecule has 1 heterocycles. The first kappa shape index (κ1) is 20.1. The van der Waals surface area contributed by atoms with Crippen LogP contribution in [0, 0.1) is 19.8 Å². The second kappa shape index (κ2) is 8.57. The predicted molar refractivity (Wildman–Crippen MR) is 110 cm³/mol. The molecule has 0 radical (unpaired) electrons. The normalized spacial score (nSPS) is 13.2. The molecule has 0 aliphatic heterocycles. The van der Waals surface area contributed by atoms with Crippen LogP contribution in [0.15, 0.2) is 47.0 Å². The first-order valence-electron chi connectivity index (χ1n) is 9.36. The van der Waals surface area contributed by atoms with Crippen LogP contribution >= 0.6 is 11.6 Å². The molecule has 0 spiro atoms. The number of rotatable bonds is 6. The minimum Gasteiger partial charge on any atom is -0.340 e. The maximum absolute atomic E-state index is 12.7. The van der Waals surface area contributed by atoms with E-state index in [0.29, 0.717) is 22.3 Å². The maximum atomic E-state index is 12.7. The highest BCUT2D eigenvalue weighted by molar-refractivity contribution is 6.31. The highest BCUT2D eigenvalue weighted by atomic mass is 35.5. The summed E-state index contributed by atoms with van der Waals surface area (Å²) in [4.78, 5) is 17.2. The summed E-state index contributed by atoms with van der Waals surface area (Å²) in [5, 5.41) is 7.78. The highest BCUT2D eigenvalue weighted by Crippen LogP contribution is 2.28. The van der Waals surface area contributed by atoms with Gasteiger partial charge in [-0.25, -0.2) is 0 Å². The molecule has 3 rings (SSSR count). The van der Waals surface area contributed by atoms with Crippen molar-refractivity contribution in [2.24, 2.45) is 5.92 Å². The number of aromatic nitrogens is 2. The van der Waals surface area contributed by atoms with E-state index in [1.807, 2.05) is 63.2 Å². The molecule has 146 valence electrons. The van der Waals surface area contributed by atoms with Crippen molar-refractivity contribution in [1.82, 2.24) is 15.5 Å². The number of nitrogens with one attached hydrogen (secondary N) is 1. The summed E-state index contributed by atoms with van der Waals surface area (Å²) in [7, 11) is 0. The fourth-order valence-corrected chi connectivity index (χ4v) is 3.00. The molecule has 1 aromatic heterocycles. The quantitative estimate of drug-likeness (QED) is 0.594. The number of nitrogens with zero attached hydrogens (tertiary/aromatic N) is 2. The van der Waals surface area contributed by atoms with Gasteiger partial charge in [-0.2, -0.15) is 4.98 Å². The molecule has 0 saturated heterocycles. The van der Waals surface area contributed by atoms with Gasteiger partial charge in [0, 0.05) is 16.1 Å². The van der Waals surface area contributed by atoms with Gasteiger partial charge in [-0.3, -0.25) is 4.79 Å². The SMILES string of the molecule is CC[C@H](C)[C@H](NC(=O)c1ccc(C)cc1)c1nc(-c2ccc(C)c(Cl)c2)no1. The Morgan fingerprint density at radius 1 is 1.18 bits per heavy atom. The van der Waals surface area contributed by atoms with Crippen LogP contribution in [0.2, 0.25) is 5.02 Å². The Hall–Kier alpha value is -2.66. The summed E-state index contributed by atoms with van der Waals surface area (Å²) in [6.45, 7) is 8.04. The molecule has 3 aromatic rings. The zero-order valence-corrected chi connectivity index (χ0v) is 17.2. The van der Waals surface area contributed by atoms with Gasteiger partial charge in [-0.15, -0.1) is 0 Å². The number of carbonyl (C=O) groups excluding carboxylic acids is 1. The van der Waals surface area contributed by atoms with Crippen molar-refractivity contribution < 1.29 is 9.32 Å². The molecule has 5 nitrogen and oxygen atoms in total. The zero-order chi connectivity index (χ0) is 20.3. The minimum atomic E-state index is -0.374. The van der Waals surface area contributed by atoms with E-state index in [0.717, 1.165) is 23.1 Å². The van der Waals surface area contributed by atoms with E-state index >= 15 is 0 Å². The molecular weight excluding hydrogens is 374 g/mol. The highest BCUT2D eigenvalue weighted by Gasteiger charge is 2.27. The molecule has 6 heteroatoms. The molecule has 1 N–H and O–H groups in total. The van der Waals surface area contributed by atoms with Gasteiger partial charge >= 0.3 is 0 Å². The Morgan fingerprint density at radius 2 is 1.89 bits per heavy atom. The number of carbonyl (C=O) groups is 1. The largest absolute Gasteiger partial charge is 0.340 e. The van der Waals surface area contributed by atoms with Gasteiger partial charge in [0.2, 0.25) is 11.7 Å². The molecule has 0 aliphatic carbocycles. The number of halogens is 1. The second-order valence-corrected chi connectivity index (χ2v) is 7.53. The second-order valence-electron chi connectivity index (χ2n) is 7.12. The van der Waals surface area contributed by atoms with Crippen molar-refractivity contribution in [2.75, 3.05) is 0 Å². The smallest absolute Gasteiger partial charge is 0.251 e. The minimum absolute atomic E-state index is 0.129. The molecule has 0 fully saturated rings. The molecule has 2 atom stereocenters. The molecular formula is C22H24ClN3O2. The first-order chi connectivity index (χ1) is 13.4. The number of hydrogen-bond acceptors (Lipinski definition) is 4. The summed E-state index contributed by atoms with van der Waals surface area (Å²) < 4.78 is 5.51. The number of amides is 1. The van der Waals surface area contributed by atoms with Crippen molar-refractivity contribution in [3.05, 3.63) is 70.1 Å². The first-order valence-corrected chi connectivity index (χ1v) is 9.74. The van der Waals surface area contributed by atoms with Crippen molar-refractivity contribution in [1.29, 1.82) is 0 Å². The van der Waals surface area contributed by atoms with Crippen molar-refractivity contribution in [2.45, 2.75) is 40.2 Å². The third-order valence-corrected chi connectivity index (χ3v) is 5.36. The monoisotopic (exact) mass is 397 g/mol. The average molecular weight is 398 g/mol. The van der Waals surface area contributed by atoms with Gasteiger partial charge < -0.3 is 9.84 Å². The van der Waals surface area contributed by atoms with Gasteiger partial charge in [0.15, 0.2) is 0 Å². The lowest BCUT2D eigenvalue weighted by Crippen LogP contribution is -2.32.